The Morgan fingerprint density at radius 2 is 1.65 bits per heavy atom. The molecule has 2 N–H and O–H groups in total. The molecule has 1 saturated carbocycles. The van der Waals surface area contributed by atoms with E-state index >= 15 is 0 Å². The summed E-state index contributed by atoms with van der Waals surface area (Å²) in [5, 5.41) is 11.8. The van der Waals surface area contributed by atoms with E-state index in [1.54, 1.807) is 0 Å². The number of aliphatic carboxylic acids is 1. The predicted octanol–water partition coefficient (Wildman–Crippen LogP) is 4.16. The van der Waals surface area contributed by atoms with Crippen molar-refractivity contribution in [2.45, 2.75) is 56.5 Å². The van der Waals surface area contributed by atoms with Crippen LogP contribution in [0.3, 0.4) is 0 Å². The molecule has 1 aliphatic heterocycles. The third kappa shape index (κ3) is 4.27. The number of fused-ring (bicyclic) bond motifs is 4. The van der Waals surface area contributed by atoms with E-state index in [0.717, 1.165) is 41.5 Å². The minimum absolute atomic E-state index is 0.0479. The number of carboxylic acid groups (broad SMARTS) is 1. The highest BCUT2D eigenvalue weighted by molar-refractivity contribution is 5.87. The maximum absolute atomic E-state index is 13.2. The largest absolute Gasteiger partial charge is 0.481 e. The van der Waals surface area contributed by atoms with Crippen molar-refractivity contribution in [1.29, 1.82) is 0 Å². The van der Waals surface area contributed by atoms with Gasteiger partial charge in [-0.25, -0.2) is 4.79 Å². The van der Waals surface area contributed by atoms with Crippen LogP contribution in [-0.4, -0.2) is 53.2 Å². The average Bonchev–Trinajstić information content (AvgIpc) is 3.14. The summed E-state index contributed by atoms with van der Waals surface area (Å²) in [5.41, 5.74) is 4.50. The zero-order valence-corrected chi connectivity index (χ0v) is 19.1. The van der Waals surface area contributed by atoms with Crippen LogP contribution in [0.1, 0.15) is 55.6 Å². The minimum atomic E-state index is -0.994. The van der Waals surface area contributed by atoms with Crippen LogP contribution in [0.15, 0.2) is 48.5 Å². The Kier molecular flexibility index (Phi) is 6.26. The lowest BCUT2D eigenvalue weighted by atomic mass is 9.76. The summed E-state index contributed by atoms with van der Waals surface area (Å²) in [6, 6.07) is 15.5. The zero-order valence-electron chi connectivity index (χ0n) is 19.1. The molecule has 0 spiro atoms. The Morgan fingerprint density at radius 3 is 2.29 bits per heavy atom. The van der Waals surface area contributed by atoms with Crippen molar-refractivity contribution < 1.29 is 24.2 Å². The lowest BCUT2D eigenvalue weighted by Crippen LogP contribution is -2.63. The summed E-state index contributed by atoms with van der Waals surface area (Å²) in [5.74, 6) is -0.735. The maximum Gasteiger partial charge on any atom is 0.407 e. The van der Waals surface area contributed by atoms with Crippen molar-refractivity contribution in [3.63, 3.8) is 0 Å². The highest BCUT2D eigenvalue weighted by Crippen LogP contribution is 2.44. The van der Waals surface area contributed by atoms with Crippen molar-refractivity contribution in [3.8, 4) is 11.1 Å². The number of carbonyl (C=O) groups excluding carboxylic acids is 2. The highest BCUT2D eigenvalue weighted by Gasteiger charge is 2.44. The standard InChI is InChI=1S/C27H30N2O5/c30-25(31)14-13-23(26(32)29-15-17-7-1-6-12-24(17)29)28-27(33)34-16-22-20-10-4-2-8-18(20)19-9-3-5-11-21(19)22/h2-5,8-11,17,22-24H,1,6-7,12-16H2,(H,28,33)(H,30,31). The van der Waals surface area contributed by atoms with Crippen LogP contribution < -0.4 is 5.32 Å². The fraction of sp³-hybridized carbons (Fsp3) is 0.444. The molecular formula is C27H30N2O5. The molecule has 7 heteroatoms. The number of carbonyl (C=O) groups is 3. The van der Waals surface area contributed by atoms with Gasteiger partial charge in [-0.15, -0.1) is 0 Å². The number of ether oxygens (including phenoxy) is 1. The van der Waals surface area contributed by atoms with Crippen LogP contribution in [-0.2, 0) is 14.3 Å². The number of hydrogen-bond acceptors (Lipinski definition) is 4. The molecular weight excluding hydrogens is 432 g/mol. The highest BCUT2D eigenvalue weighted by atomic mass is 16.5. The zero-order chi connectivity index (χ0) is 23.7. The van der Waals surface area contributed by atoms with E-state index in [1.165, 1.54) is 6.42 Å². The molecule has 7 nitrogen and oxygen atoms in total. The second-order valence-corrected chi connectivity index (χ2v) is 9.56. The van der Waals surface area contributed by atoms with E-state index in [4.69, 9.17) is 9.84 Å². The summed E-state index contributed by atoms with van der Waals surface area (Å²) in [7, 11) is 0. The average molecular weight is 463 g/mol. The first kappa shape index (κ1) is 22.4. The molecule has 0 aromatic heterocycles. The second kappa shape index (κ2) is 9.49. The van der Waals surface area contributed by atoms with Gasteiger partial charge in [0.05, 0.1) is 0 Å². The molecule has 3 aliphatic rings. The van der Waals surface area contributed by atoms with Gasteiger partial charge in [0.15, 0.2) is 0 Å². The van der Waals surface area contributed by atoms with E-state index in [0.29, 0.717) is 12.5 Å². The van der Waals surface area contributed by atoms with E-state index in [-0.39, 0.29) is 37.3 Å². The third-order valence-electron chi connectivity index (χ3n) is 7.56. The summed E-state index contributed by atoms with van der Waals surface area (Å²) >= 11 is 0. The van der Waals surface area contributed by atoms with Gasteiger partial charge in [0, 0.05) is 24.9 Å². The van der Waals surface area contributed by atoms with Crippen molar-refractivity contribution in [2.24, 2.45) is 5.92 Å². The maximum atomic E-state index is 13.2. The minimum Gasteiger partial charge on any atom is -0.481 e. The van der Waals surface area contributed by atoms with Gasteiger partial charge in [0.1, 0.15) is 12.6 Å². The number of alkyl carbamates (subject to hydrolysis) is 1. The molecule has 3 unspecified atom stereocenters. The molecule has 178 valence electrons. The Hall–Kier alpha value is -3.35. The predicted molar refractivity (Wildman–Crippen MR) is 126 cm³/mol. The number of rotatable bonds is 7. The van der Waals surface area contributed by atoms with Gasteiger partial charge >= 0.3 is 12.1 Å². The lowest BCUT2D eigenvalue weighted by Gasteiger charge is -2.51. The summed E-state index contributed by atoms with van der Waals surface area (Å²) in [6.45, 7) is 0.841. The van der Waals surface area contributed by atoms with Gasteiger partial charge in [0.2, 0.25) is 5.91 Å². The number of nitrogens with zero attached hydrogens (tertiary/aromatic N) is 1. The lowest BCUT2D eigenvalue weighted by molar-refractivity contribution is -0.148. The number of likely N-dealkylation sites (tertiary alicyclic amines) is 1. The number of nitrogens with one attached hydrogen (secondary N) is 1. The fourth-order valence-corrected chi connectivity index (χ4v) is 5.82. The van der Waals surface area contributed by atoms with Crippen molar-refractivity contribution in [1.82, 2.24) is 10.2 Å². The first-order chi connectivity index (χ1) is 16.5. The topological polar surface area (TPSA) is 95.9 Å². The van der Waals surface area contributed by atoms with E-state index in [2.05, 4.69) is 17.4 Å². The third-order valence-corrected chi connectivity index (χ3v) is 7.56. The van der Waals surface area contributed by atoms with Crippen LogP contribution in [0.4, 0.5) is 4.79 Å². The molecule has 3 atom stereocenters. The number of hydrogen-bond donors (Lipinski definition) is 2. The van der Waals surface area contributed by atoms with Gasteiger partial charge in [-0.1, -0.05) is 61.4 Å². The monoisotopic (exact) mass is 462 g/mol. The molecule has 1 heterocycles. The molecule has 2 aliphatic carbocycles. The van der Waals surface area contributed by atoms with E-state index in [1.807, 2.05) is 41.3 Å². The van der Waals surface area contributed by atoms with E-state index < -0.39 is 18.1 Å². The fourth-order valence-electron chi connectivity index (χ4n) is 5.82. The van der Waals surface area contributed by atoms with Crippen LogP contribution in [0.5, 0.6) is 0 Å². The van der Waals surface area contributed by atoms with Gasteiger partial charge in [-0.05, 0) is 47.4 Å². The molecule has 34 heavy (non-hydrogen) atoms. The summed E-state index contributed by atoms with van der Waals surface area (Å²) in [4.78, 5) is 38.9. The van der Waals surface area contributed by atoms with Crippen molar-refractivity contribution in [3.05, 3.63) is 59.7 Å². The first-order valence-corrected chi connectivity index (χ1v) is 12.2. The smallest absolute Gasteiger partial charge is 0.407 e. The number of amides is 2. The van der Waals surface area contributed by atoms with Crippen LogP contribution >= 0.6 is 0 Å². The summed E-state index contributed by atoms with van der Waals surface area (Å²) < 4.78 is 5.60. The van der Waals surface area contributed by atoms with E-state index in [9.17, 15) is 14.4 Å². The Labute approximate surface area is 199 Å². The quantitative estimate of drug-likeness (QED) is 0.644. The molecule has 2 fully saturated rings. The number of benzene rings is 2. The first-order valence-electron chi connectivity index (χ1n) is 12.2. The molecule has 1 saturated heterocycles. The SMILES string of the molecule is O=C(O)CCC(NC(=O)OCC1c2ccccc2-c2ccccc21)C(=O)N1CC2CCCCC21. The van der Waals surface area contributed by atoms with Gasteiger partial charge in [-0.3, -0.25) is 9.59 Å². The van der Waals surface area contributed by atoms with Gasteiger partial charge in [-0.2, -0.15) is 0 Å². The van der Waals surface area contributed by atoms with Crippen LogP contribution in [0, 0.1) is 5.92 Å². The molecule has 0 bridgehead atoms. The van der Waals surface area contributed by atoms with Crippen molar-refractivity contribution >= 4 is 18.0 Å². The van der Waals surface area contributed by atoms with Crippen LogP contribution in [0.2, 0.25) is 0 Å². The normalized spacial score (nSPS) is 21.5. The van der Waals surface area contributed by atoms with Crippen LogP contribution in [0.25, 0.3) is 11.1 Å². The molecule has 2 amide bonds. The van der Waals surface area contributed by atoms with Gasteiger partial charge < -0.3 is 20.1 Å². The molecule has 5 rings (SSSR count). The van der Waals surface area contributed by atoms with Gasteiger partial charge in [0.25, 0.3) is 0 Å². The summed E-state index contributed by atoms with van der Waals surface area (Å²) in [6.07, 6.45) is 3.58. The Morgan fingerprint density at radius 1 is 1.00 bits per heavy atom. The molecule has 0 radical (unpaired) electrons. The Balaban J connectivity index is 1.24. The molecule has 2 aromatic carbocycles. The second-order valence-electron chi connectivity index (χ2n) is 9.56. The Bertz CT molecular complexity index is 1050. The number of carboxylic acids is 1. The molecule has 2 aromatic rings. The van der Waals surface area contributed by atoms with Crippen molar-refractivity contribution in [2.75, 3.05) is 13.2 Å².